The predicted molar refractivity (Wildman–Crippen MR) is 96.3 cm³/mol. The van der Waals surface area contributed by atoms with Crippen molar-refractivity contribution in [1.82, 2.24) is 15.1 Å². The Morgan fingerprint density at radius 3 is 2.78 bits per heavy atom. The first kappa shape index (κ1) is 16.3. The quantitative estimate of drug-likeness (QED) is 0.813. The summed E-state index contributed by atoms with van der Waals surface area (Å²) in [4.78, 5) is 0. The molecule has 0 spiro atoms. The number of anilines is 2. The first-order valence-corrected chi connectivity index (χ1v) is 8.86. The van der Waals surface area contributed by atoms with Gasteiger partial charge in [-0.25, -0.2) is 4.68 Å². The summed E-state index contributed by atoms with van der Waals surface area (Å²) in [5.41, 5.74) is 2.06. The highest BCUT2D eigenvalue weighted by atomic mass is 35.5. The van der Waals surface area contributed by atoms with Crippen molar-refractivity contribution in [2.45, 2.75) is 45.2 Å². The van der Waals surface area contributed by atoms with Gasteiger partial charge in [-0.1, -0.05) is 36.9 Å². The number of halogens is 1. The van der Waals surface area contributed by atoms with E-state index in [1.165, 1.54) is 32.1 Å². The fourth-order valence-corrected chi connectivity index (χ4v) is 3.50. The molecular weight excluding hydrogens is 308 g/mol. The van der Waals surface area contributed by atoms with E-state index in [1.807, 2.05) is 31.3 Å². The Labute approximate surface area is 143 Å². The van der Waals surface area contributed by atoms with Crippen LogP contribution in [0.25, 0.3) is 0 Å². The van der Waals surface area contributed by atoms with Crippen LogP contribution in [0.5, 0.6) is 0 Å². The Kier molecular flexibility index (Phi) is 5.57. The van der Waals surface area contributed by atoms with Gasteiger partial charge in [0.15, 0.2) is 0 Å². The maximum Gasteiger partial charge on any atom is 0.128 e. The van der Waals surface area contributed by atoms with Crippen LogP contribution in [-0.2, 0) is 13.1 Å². The molecule has 1 aliphatic rings. The maximum atomic E-state index is 6.09. The van der Waals surface area contributed by atoms with Crippen LogP contribution in [0.2, 0.25) is 5.02 Å². The van der Waals surface area contributed by atoms with Gasteiger partial charge in [-0.2, -0.15) is 5.10 Å². The molecule has 0 atom stereocenters. The lowest BCUT2D eigenvalue weighted by Crippen LogP contribution is -2.17. The highest BCUT2D eigenvalue weighted by Gasteiger charge is 2.17. The van der Waals surface area contributed by atoms with Crippen LogP contribution in [0, 0.1) is 5.92 Å². The monoisotopic (exact) mass is 332 g/mol. The number of rotatable bonds is 6. The van der Waals surface area contributed by atoms with Crippen molar-refractivity contribution in [3.63, 3.8) is 0 Å². The van der Waals surface area contributed by atoms with Gasteiger partial charge in [-0.15, -0.1) is 0 Å². The van der Waals surface area contributed by atoms with Gasteiger partial charge in [0.05, 0.1) is 5.69 Å². The normalized spacial score (nSPS) is 15.7. The lowest BCUT2D eigenvalue weighted by Gasteiger charge is -2.22. The predicted octanol–water partition coefficient (Wildman–Crippen LogP) is 4.58. The summed E-state index contributed by atoms with van der Waals surface area (Å²) >= 11 is 6.09. The van der Waals surface area contributed by atoms with Crippen molar-refractivity contribution < 1.29 is 0 Å². The van der Waals surface area contributed by atoms with Gasteiger partial charge in [0, 0.05) is 29.9 Å². The van der Waals surface area contributed by atoms with Gasteiger partial charge < -0.3 is 10.6 Å². The molecule has 2 N–H and O–H groups in total. The zero-order chi connectivity index (χ0) is 16.1. The number of nitrogens with one attached hydrogen (secondary N) is 2. The van der Waals surface area contributed by atoms with Crippen molar-refractivity contribution in [3.05, 3.63) is 41.0 Å². The number of nitrogens with zero attached hydrogens (tertiary/aromatic N) is 2. The molecule has 0 saturated heterocycles. The SMILES string of the molecule is CNCc1cc(Nc2cccc(Cl)c2)n(CC2CCCCC2)n1. The van der Waals surface area contributed by atoms with Gasteiger partial charge in [-0.05, 0) is 44.0 Å². The van der Waals surface area contributed by atoms with Crippen molar-refractivity contribution in [3.8, 4) is 0 Å². The lowest BCUT2D eigenvalue weighted by atomic mass is 9.89. The minimum Gasteiger partial charge on any atom is -0.340 e. The molecule has 0 amide bonds. The molecule has 1 aliphatic carbocycles. The minimum atomic E-state index is 0.740. The summed E-state index contributed by atoms with van der Waals surface area (Å²) in [6.45, 7) is 1.77. The standard InChI is InChI=1S/C18H25ClN4/c1-20-12-17-11-18(21-16-9-5-8-15(19)10-16)23(22-17)13-14-6-3-2-4-7-14/h5,8-11,14,20-21H,2-4,6-7,12-13H2,1H3. The van der Waals surface area contributed by atoms with Crippen molar-refractivity contribution >= 4 is 23.1 Å². The van der Waals surface area contributed by atoms with Crippen LogP contribution in [0.4, 0.5) is 11.5 Å². The third-order valence-corrected chi connectivity index (χ3v) is 4.68. The van der Waals surface area contributed by atoms with E-state index in [-0.39, 0.29) is 0 Å². The first-order valence-electron chi connectivity index (χ1n) is 8.48. The zero-order valence-electron chi connectivity index (χ0n) is 13.7. The molecule has 0 unspecified atom stereocenters. The number of hydrogen-bond donors (Lipinski definition) is 2. The van der Waals surface area contributed by atoms with E-state index in [4.69, 9.17) is 16.7 Å². The van der Waals surface area contributed by atoms with Crippen LogP contribution < -0.4 is 10.6 Å². The molecule has 1 heterocycles. The summed E-state index contributed by atoms with van der Waals surface area (Å²) < 4.78 is 2.13. The van der Waals surface area contributed by atoms with Gasteiger partial charge in [0.2, 0.25) is 0 Å². The summed E-state index contributed by atoms with van der Waals surface area (Å²) in [5.74, 6) is 1.79. The van der Waals surface area contributed by atoms with E-state index in [0.29, 0.717) is 0 Å². The maximum absolute atomic E-state index is 6.09. The average molecular weight is 333 g/mol. The molecular formula is C18H25ClN4. The molecule has 23 heavy (non-hydrogen) atoms. The Balaban J connectivity index is 1.78. The van der Waals surface area contributed by atoms with Crippen LogP contribution in [-0.4, -0.2) is 16.8 Å². The number of benzene rings is 1. The van der Waals surface area contributed by atoms with E-state index in [2.05, 4.69) is 21.4 Å². The van der Waals surface area contributed by atoms with E-state index < -0.39 is 0 Å². The Morgan fingerprint density at radius 2 is 2.04 bits per heavy atom. The highest BCUT2D eigenvalue weighted by molar-refractivity contribution is 6.30. The molecule has 124 valence electrons. The summed E-state index contributed by atoms with van der Waals surface area (Å²) in [5, 5.41) is 12.2. The summed E-state index contributed by atoms with van der Waals surface area (Å²) in [6.07, 6.45) is 6.72. The smallest absolute Gasteiger partial charge is 0.128 e. The third kappa shape index (κ3) is 4.49. The molecule has 2 aromatic rings. The number of aromatic nitrogens is 2. The van der Waals surface area contributed by atoms with Crippen LogP contribution >= 0.6 is 11.6 Å². The Hall–Kier alpha value is -1.52. The molecule has 1 fully saturated rings. The summed E-state index contributed by atoms with van der Waals surface area (Å²) in [7, 11) is 1.95. The van der Waals surface area contributed by atoms with E-state index in [1.54, 1.807) is 0 Å². The summed E-state index contributed by atoms with van der Waals surface area (Å²) in [6, 6.07) is 9.94. The first-order chi connectivity index (χ1) is 11.2. The fraction of sp³-hybridized carbons (Fsp3) is 0.500. The molecule has 1 aromatic heterocycles. The molecule has 5 heteroatoms. The van der Waals surface area contributed by atoms with E-state index in [0.717, 1.165) is 41.2 Å². The van der Waals surface area contributed by atoms with Gasteiger partial charge in [0.25, 0.3) is 0 Å². The molecule has 3 rings (SSSR count). The van der Waals surface area contributed by atoms with Crippen LogP contribution in [0.3, 0.4) is 0 Å². The van der Waals surface area contributed by atoms with Crippen LogP contribution in [0.1, 0.15) is 37.8 Å². The molecule has 4 nitrogen and oxygen atoms in total. The van der Waals surface area contributed by atoms with Crippen molar-refractivity contribution in [2.24, 2.45) is 5.92 Å². The largest absolute Gasteiger partial charge is 0.340 e. The van der Waals surface area contributed by atoms with Gasteiger partial charge in [-0.3, -0.25) is 0 Å². The molecule has 0 bridgehead atoms. The van der Waals surface area contributed by atoms with E-state index >= 15 is 0 Å². The van der Waals surface area contributed by atoms with Gasteiger partial charge >= 0.3 is 0 Å². The van der Waals surface area contributed by atoms with E-state index in [9.17, 15) is 0 Å². The zero-order valence-corrected chi connectivity index (χ0v) is 14.4. The fourth-order valence-electron chi connectivity index (χ4n) is 3.31. The second-order valence-electron chi connectivity index (χ2n) is 6.37. The second-order valence-corrected chi connectivity index (χ2v) is 6.81. The Morgan fingerprint density at radius 1 is 1.22 bits per heavy atom. The number of hydrogen-bond acceptors (Lipinski definition) is 3. The molecule has 1 saturated carbocycles. The van der Waals surface area contributed by atoms with Crippen LogP contribution in [0.15, 0.2) is 30.3 Å². The minimum absolute atomic E-state index is 0.740. The molecule has 1 aromatic carbocycles. The lowest BCUT2D eigenvalue weighted by molar-refractivity contribution is 0.309. The average Bonchev–Trinajstić information content (AvgIpc) is 2.90. The van der Waals surface area contributed by atoms with Gasteiger partial charge in [0.1, 0.15) is 5.82 Å². The Bertz CT molecular complexity index is 632. The second kappa shape index (κ2) is 7.84. The van der Waals surface area contributed by atoms with Crippen molar-refractivity contribution in [2.75, 3.05) is 12.4 Å². The van der Waals surface area contributed by atoms with Crippen molar-refractivity contribution in [1.29, 1.82) is 0 Å². The highest BCUT2D eigenvalue weighted by Crippen LogP contribution is 2.27. The topological polar surface area (TPSA) is 41.9 Å². The molecule has 0 aliphatic heterocycles. The third-order valence-electron chi connectivity index (χ3n) is 4.44. The molecule has 0 radical (unpaired) electrons.